The van der Waals surface area contributed by atoms with Crippen LogP contribution >= 0.6 is 0 Å². The van der Waals surface area contributed by atoms with Gasteiger partial charge in [0.25, 0.3) is 0 Å². The Balaban J connectivity index is 3.31. The van der Waals surface area contributed by atoms with Gasteiger partial charge in [-0.1, -0.05) is 6.92 Å². The van der Waals surface area contributed by atoms with Crippen LogP contribution in [0, 0.1) is 0 Å². The highest BCUT2D eigenvalue weighted by Crippen LogP contribution is 1.96. The molecule has 0 aliphatic carbocycles. The number of amides is 2. The number of carbonyl (C=O) groups is 2. The maximum absolute atomic E-state index is 11.2. The summed E-state index contributed by atoms with van der Waals surface area (Å²) in [5.74, 6) is 0.102. The second-order valence-electron chi connectivity index (χ2n) is 3.41. The van der Waals surface area contributed by atoms with Crippen LogP contribution in [0.1, 0.15) is 39.5 Å². The molecular weight excluding hydrogens is 180 g/mol. The van der Waals surface area contributed by atoms with Gasteiger partial charge in [-0.2, -0.15) is 0 Å². The minimum atomic E-state index is 0.102. The molecule has 82 valence electrons. The molecule has 0 saturated carbocycles. The van der Waals surface area contributed by atoms with Crippen LogP contribution in [0.4, 0.5) is 0 Å². The molecule has 14 heavy (non-hydrogen) atoms. The van der Waals surface area contributed by atoms with Gasteiger partial charge in [-0.3, -0.25) is 9.59 Å². The monoisotopic (exact) mass is 200 g/mol. The first kappa shape index (κ1) is 12.9. The summed E-state index contributed by atoms with van der Waals surface area (Å²) in [4.78, 5) is 21.1. The topological polar surface area (TPSA) is 58.2 Å². The standard InChI is InChI=1S/C10H20N2O2/c1-3-9(2)12-10(14)6-4-5-7-11-8-13/h8-9H,3-7H2,1-2H3,(H,11,13)(H,12,14). The van der Waals surface area contributed by atoms with Gasteiger partial charge in [0.1, 0.15) is 0 Å². The van der Waals surface area contributed by atoms with E-state index in [1.54, 1.807) is 0 Å². The van der Waals surface area contributed by atoms with Crippen molar-refractivity contribution in [2.24, 2.45) is 0 Å². The zero-order valence-corrected chi connectivity index (χ0v) is 9.01. The van der Waals surface area contributed by atoms with Crippen molar-refractivity contribution in [2.75, 3.05) is 6.54 Å². The quantitative estimate of drug-likeness (QED) is 0.450. The van der Waals surface area contributed by atoms with Gasteiger partial charge in [-0.05, 0) is 26.2 Å². The van der Waals surface area contributed by atoms with Crippen molar-refractivity contribution in [2.45, 2.75) is 45.6 Å². The Labute approximate surface area is 85.4 Å². The van der Waals surface area contributed by atoms with Crippen molar-refractivity contribution in [1.29, 1.82) is 0 Å². The lowest BCUT2D eigenvalue weighted by Crippen LogP contribution is -2.31. The smallest absolute Gasteiger partial charge is 0.220 e. The van der Waals surface area contributed by atoms with Crippen molar-refractivity contribution < 1.29 is 9.59 Å². The maximum Gasteiger partial charge on any atom is 0.220 e. The third-order valence-electron chi connectivity index (χ3n) is 2.08. The predicted octanol–water partition coefficient (Wildman–Crippen LogP) is 0.817. The van der Waals surface area contributed by atoms with Crippen LogP contribution < -0.4 is 10.6 Å². The zero-order valence-electron chi connectivity index (χ0n) is 9.01. The summed E-state index contributed by atoms with van der Waals surface area (Å²) in [7, 11) is 0. The first-order valence-electron chi connectivity index (χ1n) is 5.17. The number of hydrogen-bond acceptors (Lipinski definition) is 2. The highest BCUT2D eigenvalue weighted by atomic mass is 16.1. The summed E-state index contributed by atoms with van der Waals surface area (Å²) in [6.45, 7) is 4.69. The van der Waals surface area contributed by atoms with Gasteiger partial charge in [0.2, 0.25) is 12.3 Å². The Bertz CT molecular complexity index is 172. The molecule has 0 fully saturated rings. The molecule has 2 amide bonds. The highest BCUT2D eigenvalue weighted by Gasteiger charge is 2.04. The SMILES string of the molecule is CCC(C)NC(=O)CCCCNC=O. The van der Waals surface area contributed by atoms with Gasteiger partial charge in [0.05, 0.1) is 0 Å². The molecule has 0 aromatic heterocycles. The van der Waals surface area contributed by atoms with Gasteiger partial charge in [0, 0.05) is 19.0 Å². The molecule has 0 saturated heterocycles. The molecule has 0 radical (unpaired) electrons. The summed E-state index contributed by atoms with van der Waals surface area (Å²) in [5.41, 5.74) is 0. The summed E-state index contributed by atoms with van der Waals surface area (Å²) < 4.78 is 0. The third kappa shape index (κ3) is 7.58. The van der Waals surface area contributed by atoms with Crippen LogP contribution in [-0.4, -0.2) is 24.9 Å². The molecule has 1 atom stereocenters. The van der Waals surface area contributed by atoms with Crippen molar-refractivity contribution >= 4 is 12.3 Å². The Kier molecular flexibility index (Phi) is 7.89. The lowest BCUT2D eigenvalue weighted by atomic mass is 10.2. The first-order valence-corrected chi connectivity index (χ1v) is 5.17. The average molecular weight is 200 g/mol. The molecule has 0 rings (SSSR count). The number of hydrogen-bond donors (Lipinski definition) is 2. The fraction of sp³-hybridized carbons (Fsp3) is 0.800. The summed E-state index contributed by atoms with van der Waals surface area (Å²) in [6.07, 6.45) is 3.86. The minimum absolute atomic E-state index is 0.102. The van der Waals surface area contributed by atoms with Crippen LogP contribution in [0.15, 0.2) is 0 Å². The van der Waals surface area contributed by atoms with Crippen LogP contribution in [0.2, 0.25) is 0 Å². The lowest BCUT2D eigenvalue weighted by Gasteiger charge is -2.10. The molecule has 0 aromatic carbocycles. The molecule has 0 aromatic rings. The molecule has 1 unspecified atom stereocenters. The minimum Gasteiger partial charge on any atom is -0.359 e. The number of unbranched alkanes of at least 4 members (excludes halogenated alkanes) is 1. The largest absolute Gasteiger partial charge is 0.359 e. The van der Waals surface area contributed by atoms with Crippen LogP contribution in [0.3, 0.4) is 0 Å². The average Bonchev–Trinajstić information content (AvgIpc) is 2.17. The van der Waals surface area contributed by atoms with Crippen LogP contribution in [-0.2, 0) is 9.59 Å². The van der Waals surface area contributed by atoms with E-state index in [1.807, 2.05) is 13.8 Å². The van der Waals surface area contributed by atoms with E-state index in [1.165, 1.54) is 0 Å². The highest BCUT2D eigenvalue weighted by molar-refractivity contribution is 5.76. The molecule has 0 spiro atoms. The van der Waals surface area contributed by atoms with Crippen molar-refractivity contribution in [1.82, 2.24) is 10.6 Å². The van der Waals surface area contributed by atoms with E-state index >= 15 is 0 Å². The van der Waals surface area contributed by atoms with Gasteiger partial charge in [0.15, 0.2) is 0 Å². The number of nitrogens with one attached hydrogen (secondary N) is 2. The molecule has 0 aliphatic rings. The fourth-order valence-corrected chi connectivity index (χ4v) is 1.02. The Morgan fingerprint density at radius 1 is 1.43 bits per heavy atom. The van der Waals surface area contributed by atoms with E-state index in [4.69, 9.17) is 0 Å². The van der Waals surface area contributed by atoms with E-state index in [9.17, 15) is 9.59 Å². The predicted molar refractivity (Wildman–Crippen MR) is 55.8 cm³/mol. The Morgan fingerprint density at radius 3 is 2.71 bits per heavy atom. The Morgan fingerprint density at radius 2 is 2.14 bits per heavy atom. The molecule has 0 heterocycles. The second-order valence-corrected chi connectivity index (χ2v) is 3.41. The zero-order chi connectivity index (χ0) is 10.8. The first-order chi connectivity index (χ1) is 6.70. The Hall–Kier alpha value is -1.06. The van der Waals surface area contributed by atoms with E-state index in [2.05, 4.69) is 10.6 Å². The molecule has 4 nitrogen and oxygen atoms in total. The van der Waals surface area contributed by atoms with Gasteiger partial charge in [-0.15, -0.1) is 0 Å². The fourth-order valence-electron chi connectivity index (χ4n) is 1.02. The van der Waals surface area contributed by atoms with E-state index in [0.29, 0.717) is 19.4 Å². The van der Waals surface area contributed by atoms with Gasteiger partial charge >= 0.3 is 0 Å². The van der Waals surface area contributed by atoms with Crippen molar-refractivity contribution in [3.05, 3.63) is 0 Å². The van der Waals surface area contributed by atoms with Gasteiger partial charge < -0.3 is 10.6 Å². The maximum atomic E-state index is 11.2. The van der Waals surface area contributed by atoms with Crippen LogP contribution in [0.5, 0.6) is 0 Å². The molecule has 4 heteroatoms. The number of carbonyl (C=O) groups excluding carboxylic acids is 2. The van der Waals surface area contributed by atoms with Crippen molar-refractivity contribution in [3.8, 4) is 0 Å². The summed E-state index contributed by atoms with van der Waals surface area (Å²) in [6, 6.07) is 0.260. The summed E-state index contributed by atoms with van der Waals surface area (Å²) in [5, 5.41) is 5.45. The normalized spacial score (nSPS) is 11.9. The molecule has 0 bridgehead atoms. The number of rotatable bonds is 8. The van der Waals surface area contributed by atoms with Gasteiger partial charge in [-0.25, -0.2) is 0 Å². The molecule has 0 aliphatic heterocycles. The molecule has 2 N–H and O–H groups in total. The van der Waals surface area contributed by atoms with Crippen molar-refractivity contribution in [3.63, 3.8) is 0 Å². The van der Waals surface area contributed by atoms with E-state index in [0.717, 1.165) is 19.3 Å². The second kappa shape index (κ2) is 8.53. The molecular formula is C10H20N2O2. The van der Waals surface area contributed by atoms with Crippen LogP contribution in [0.25, 0.3) is 0 Å². The lowest BCUT2D eigenvalue weighted by molar-refractivity contribution is -0.121. The third-order valence-corrected chi connectivity index (χ3v) is 2.08. The van der Waals surface area contributed by atoms with E-state index < -0.39 is 0 Å². The summed E-state index contributed by atoms with van der Waals surface area (Å²) >= 11 is 0. The van der Waals surface area contributed by atoms with E-state index in [-0.39, 0.29) is 11.9 Å².